The lowest BCUT2D eigenvalue weighted by Crippen LogP contribution is -2.26. The van der Waals surface area contributed by atoms with Crippen molar-refractivity contribution in [2.24, 2.45) is 0 Å². The van der Waals surface area contributed by atoms with E-state index in [0.29, 0.717) is 5.03 Å². The van der Waals surface area contributed by atoms with Gasteiger partial charge >= 0.3 is 0 Å². The van der Waals surface area contributed by atoms with Crippen molar-refractivity contribution in [2.45, 2.75) is 0 Å². The Morgan fingerprint density at radius 2 is 2.23 bits per heavy atom. The molecule has 3 heteroatoms. The van der Waals surface area contributed by atoms with Crippen LogP contribution in [0.4, 0.5) is 0 Å². The molecule has 0 heterocycles. The van der Waals surface area contributed by atoms with Crippen LogP contribution in [0.25, 0.3) is 0 Å². The molecule has 0 saturated heterocycles. The van der Waals surface area contributed by atoms with E-state index in [1.807, 2.05) is 19.0 Å². The van der Waals surface area contributed by atoms with Gasteiger partial charge in [-0.05, 0) is 13.1 Å². The molecule has 0 aliphatic rings. The van der Waals surface area contributed by atoms with Gasteiger partial charge in [0.1, 0.15) is 0 Å². The summed E-state index contributed by atoms with van der Waals surface area (Å²) < 4.78 is 0. The molecule has 0 amide bonds. The molecule has 0 spiro atoms. The third-order valence-electron chi connectivity index (χ3n) is 1.70. The quantitative estimate of drug-likeness (QED) is 0.660. The number of likely N-dealkylation sites (N-methyl/N-ethyl adjacent to an activating group) is 2. The zero-order valence-electron chi connectivity index (χ0n) is 8.31. The average Bonchev–Trinajstić information content (AvgIpc) is 2.13. The topological polar surface area (TPSA) is 15.3 Å². The molecule has 13 heavy (non-hydrogen) atoms. The van der Waals surface area contributed by atoms with Crippen LogP contribution in [0.3, 0.4) is 0 Å². The van der Waals surface area contributed by atoms with Gasteiger partial charge in [0.15, 0.2) is 0 Å². The fourth-order valence-corrected chi connectivity index (χ4v) is 1.03. The van der Waals surface area contributed by atoms with Crippen LogP contribution in [-0.4, -0.2) is 32.1 Å². The summed E-state index contributed by atoms with van der Waals surface area (Å²) in [6, 6.07) is 0. The van der Waals surface area contributed by atoms with Crippen molar-refractivity contribution in [3.63, 3.8) is 0 Å². The zero-order chi connectivity index (χ0) is 10.3. The molecule has 0 fully saturated rings. The number of allylic oxidation sites excluding steroid dienone is 3. The SMILES string of the molecule is C=C/C=C(/Cl)C(=C)N(C)CCNC. The lowest BCUT2D eigenvalue weighted by Gasteiger charge is -2.20. The first kappa shape index (κ1) is 12.3. The monoisotopic (exact) mass is 200 g/mol. The number of hydrogen-bond acceptors (Lipinski definition) is 2. The Bertz CT molecular complexity index is 209. The predicted molar refractivity (Wildman–Crippen MR) is 59.8 cm³/mol. The Kier molecular flexibility index (Phi) is 6.37. The molecule has 0 bridgehead atoms. The number of hydrogen-bond donors (Lipinski definition) is 1. The van der Waals surface area contributed by atoms with Gasteiger partial charge in [-0.2, -0.15) is 0 Å². The number of nitrogens with zero attached hydrogens (tertiary/aromatic N) is 1. The van der Waals surface area contributed by atoms with E-state index in [4.69, 9.17) is 11.6 Å². The summed E-state index contributed by atoms with van der Waals surface area (Å²) in [5.74, 6) is 0. The number of halogens is 1. The second-order valence-corrected chi connectivity index (χ2v) is 3.13. The first-order valence-electron chi connectivity index (χ1n) is 4.16. The van der Waals surface area contributed by atoms with Crippen molar-refractivity contribution >= 4 is 11.6 Å². The van der Waals surface area contributed by atoms with Crippen LogP contribution in [0.5, 0.6) is 0 Å². The number of rotatable bonds is 6. The third kappa shape index (κ3) is 4.76. The highest BCUT2D eigenvalue weighted by atomic mass is 35.5. The van der Waals surface area contributed by atoms with Crippen molar-refractivity contribution < 1.29 is 0 Å². The Labute approximate surface area is 85.6 Å². The van der Waals surface area contributed by atoms with E-state index in [1.165, 1.54) is 0 Å². The van der Waals surface area contributed by atoms with Gasteiger partial charge in [-0.15, -0.1) is 0 Å². The molecular weight excluding hydrogens is 184 g/mol. The zero-order valence-corrected chi connectivity index (χ0v) is 9.06. The van der Waals surface area contributed by atoms with E-state index in [9.17, 15) is 0 Å². The van der Waals surface area contributed by atoms with E-state index in [2.05, 4.69) is 18.5 Å². The Hall–Kier alpha value is -0.730. The van der Waals surface area contributed by atoms with Crippen LogP contribution in [0.1, 0.15) is 0 Å². The van der Waals surface area contributed by atoms with Crippen molar-refractivity contribution in [1.82, 2.24) is 10.2 Å². The smallest absolute Gasteiger partial charge is 0.0633 e. The van der Waals surface area contributed by atoms with E-state index in [1.54, 1.807) is 12.2 Å². The molecule has 0 aromatic rings. The Morgan fingerprint density at radius 3 is 2.69 bits per heavy atom. The first-order chi connectivity index (χ1) is 6.13. The summed E-state index contributed by atoms with van der Waals surface area (Å²) in [5, 5.41) is 3.69. The van der Waals surface area contributed by atoms with Crippen molar-refractivity contribution in [3.8, 4) is 0 Å². The fourth-order valence-electron chi connectivity index (χ4n) is 0.796. The highest BCUT2D eigenvalue weighted by Crippen LogP contribution is 2.15. The predicted octanol–water partition coefficient (Wildman–Crippen LogP) is 1.96. The van der Waals surface area contributed by atoms with Crippen molar-refractivity contribution in [2.75, 3.05) is 27.2 Å². The van der Waals surface area contributed by atoms with Gasteiger partial charge < -0.3 is 10.2 Å². The summed E-state index contributed by atoms with van der Waals surface area (Å²) in [6.07, 6.45) is 3.39. The Balaban J connectivity index is 4.09. The summed E-state index contributed by atoms with van der Waals surface area (Å²) in [5.41, 5.74) is 0.816. The van der Waals surface area contributed by atoms with Gasteiger partial charge in [-0.3, -0.25) is 0 Å². The third-order valence-corrected chi connectivity index (χ3v) is 2.04. The van der Waals surface area contributed by atoms with Gasteiger partial charge in [0, 0.05) is 25.8 Å². The van der Waals surface area contributed by atoms with Crippen LogP contribution in [0.15, 0.2) is 36.0 Å². The minimum Gasteiger partial charge on any atom is -0.373 e. The molecular formula is C10H17ClN2. The van der Waals surface area contributed by atoms with Gasteiger partial charge in [0.2, 0.25) is 0 Å². The lowest BCUT2D eigenvalue weighted by atomic mass is 10.3. The maximum Gasteiger partial charge on any atom is 0.0633 e. The molecule has 74 valence electrons. The summed E-state index contributed by atoms with van der Waals surface area (Å²) in [7, 11) is 3.87. The summed E-state index contributed by atoms with van der Waals surface area (Å²) in [6.45, 7) is 9.24. The molecule has 1 N–H and O–H groups in total. The molecule has 2 nitrogen and oxygen atoms in total. The second kappa shape index (κ2) is 6.75. The Morgan fingerprint density at radius 1 is 1.62 bits per heavy atom. The maximum absolute atomic E-state index is 5.93. The minimum atomic E-state index is 0.633. The molecule has 0 aliphatic heterocycles. The van der Waals surface area contributed by atoms with E-state index in [0.717, 1.165) is 18.8 Å². The molecule has 0 aliphatic carbocycles. The summed E-state index contributed by atoms with van der Waals surface area (Å²) in [4.78, 5) is 2.00. The molecule has 0 unspecified atom stereocenters. The van der Waals surface area contributed by atoms with E-state index >= 15 is 0 Å². The van der Waals surface area contributed by atoms with Gasteiger partial charge in [-0.1, -0.05) is 30.8 Å². The molecule has 0 aromatic carbocycles. The van der Waals surface area contributed by atoms with Gasteiger partial charge in [0.05, 0.1) is 5.03 Å². The van der Waals surface area contributed by atoms with E-state index in [-0.39, 0.29) is 0 Å². The van der Waals surface area contributed by atoms with Crippen LogP contribution < -0.4 is 5.32 Å². The van der Waals surface area contributed by atoms with Gasteiger partial charge in [0.25, 0.3) is 0 Å². The first-order valence-corrected chi connectivity index (χ1v) is 4.54. The maximum atomic E-state index is 5.93. The fraction of sp³-hybridized carbons (Fsp3) is 0.400. The molecule has 0 radical (unpaired) electrons. The highest BCUT2D eigenvalue weighted by Gasteiger charge is 2.03. The standard InChI is InChI=1S/C10H17ClN2/c1-5-6-10(11)9(2)13(4)8-7-12-3/h5-6,12H,1-2,7-8H2,3-4H3/b10-6+. The van der Waals surface area contributed by atoms with Crippen LogP contribution in [0, 0.1) is 0 Å². The molecule has 0 saturated carbocycles. The van der Waals surface area contributed by atoms with Crippen molar-refractivity contribution in [1.29, 1.82) is 0 Å². The second-order valence-electron chi connectivity index (χ2n) is 2.72. The van der Waals surface area contributed by atoms with Gasteiger partial charge in [-0.25, -0.2) is 0 Å². The largest absolute Gasteiger partial charge is 0.373 e. The van der Waals surface area contributed by atoms with Crippen molar-refractivity contribution in [3.05, 3.63) is 36.0 Å². The molecule has 0 atom stereocenters. The highest BCUT2D eigenvalue weighted by molar-refractivity contribution is 6.31. The number of nitrogens with one attached hydrogen (secondary N) is 1. The lowest BCUT2D eigenvalue weighted by molar-refractivity contribution is 0.427. The minimum absolute atomic E-state index is 0.633. The average molecular weight is 201 g/mol. The summed E-state index contributed by atoms with van der Waals surface area (Å²) >= 11 is 5.93. The van der Waals surface area contributed by atoms with Crippen LogP contribution >= 0.6 is 11.6 Å². The van der Waals surface area contributed by atoms with Crippen LogP contribution in [0.2, 0.25) is 0 Å². The van der Waals surface area contributed by atoms with E-state index < -0.39 is 0 Å². The van der Waals surface area contributed by atoms with Crippen LogP contribution in [-0.2, 0) is 0 Å². The molecule has 0 rings (SSSR count). The normalized spacial score (nSPS) is 11.2. The molecule has 0 aromatic heterocycles.